The van der Waals surface area contributed by atoms with E-state index in [1.54, 1.807) is 0 Å². The molecular weight excluding hydrogens is 224 g/mol. The molecule has 0 amide bonds. The molecule has 0 saturated heterocycles. The SMILES string of the molecule is NC[C@@H](N)c1ccc(OCc2ccccc2)cc1. The van der Waals surface area contributed by atoms with Gasteiger partial charge in [-0.25, -0.2) is 0 Å². The predicted molar refractivity (Wildman–Crippen MR) is 73.2 cm³/mol. The van der Waals surface area contributed by atoms with E-state index >= 15 is 0 Å². The second kappa shape index (κ2) is 6.19. The molecule has 0 aliphatic carbocycles. The van der Waals surface area contributed by atoms with Gasteiger partial charge in [0.2, 0.25) is 0 Å². The number of rotatable bonds is 5. The maximum absolute atomic E-state index is 5.84. The van der Waals surface area contributed by atoms with Crippen LogP contribution in [-0.2, 0) is 6.61 Å². The molecule has 94 valence electrons. The Kier molecular flexibility index (Phi) is 4.34. The largest absolute Gasteiger partial charge is 0.489 e. The van der Waals surface area contributed by atoms with Crippen LogP contribution in [0.2, 0.25) is 0 Å². The van der Waals surface area contributed by atoms with Crippen LogP contribution in [0.5, 0.6) is 5.75 Å². The highest BCUT2D eigenvalue weighted by molar-refractivity contribution is 5.29. The Morgan fingerprint density at radius 1 is 0.944 bits per heavy atom. The van der Waals surface area contributed by atoms with Gasteiger partial charge in [-0.15, -0.1) is 0 Å². The molecule has 2 aromatic rings. The third-order valence-electron chi connectivity index (χ3n) is 2.81. The van der Waals surface area contributed by atoms with Crippen LogP contribution in [0.15, 0.2) is 54.6 Å². The summed E-state index contributed by atoms with van der Waals surface area (Å²) in [6.45, 7) is 1.02. The summed E-state index contributed by atoms with van der Waals surface area (Å²) in [5.41, 5.74) is 13.5. The van der Waals surface area contributed by atoms with E-state index in [4.69, 9.17) is 16.2 Å². The maximum atomic E-state index is 5.84. The zero-order chi connectivity index (χ0) is 12.8. The van der Waals surface area contributed by atoms with Crippen molar-refractivity contribution in [3.05, 3.63) is 65.7 Å². The van der Waals surface area contributed by atoms with Crippen molar-refractivity contribution in [3.8, 4) is 5.75 Å². The van der Waals surface area contributed by atoms with E-state index < -0.39 is 0 Å². The van der Waals surface area contributed by atoms with Crippen LogP contribution in [0.3, 0.4) is 0 Å². The smallest absolute Gasteiger partial charge is 0.119 e. The van der Waals surface area contributed by atoms with E-state index in [1.165, 1.54) is 0 Å². The Labute approximate surface area is 107 Å². The summed E-state index contributed by atoms with van der Waals surface area (Å²) in [4.78, 5) is 0. The Balaban J connectivity index is 1.94. The van der Waals surface area contributed by atoms with Crippen molar-refractivity contribution < 1.29 is 4.74 Å². The zero-order valence-electron chi connectivity index (χ0n) is 10.3. The van der Waals surface area contributed by atoms with Gasteiger partial charge in [0.05, 0.1) is 0 Å². The molecule has 0 saturated carbocycles. The highest BCUT2D eigenvalue weighted by Gasteiger charge is 2.03. The topological polar surface area (TPSA) is 61.3 Å². The van der Waals surface area contributed by atoms with Gasteiger partial charge >= 0.3 is 0 Å². The number of ether oxygens (including phenoxy) is 1. The molecule has 2 aromatic carbocycles. The molecule has 0 aliphatic rings. The first-order valence-corrected chi connectivity index (χ1v) is 6.02. The zero-order valence-corrected chi connectivity index (χ0v) is 10.3. The maximum Gasteiger partial charge on any atom is 0.119 e. The van der Waals surface area contributed by atoms with Gasteiger partial charge in [-0.05, 0) is 23.3 Å². The lowest BCUT2D eigenvalue weighted by Gasteiger charge is -2.10. The summed E-state index contributed by atoms with van der Waals surface area (Å²) >= 11 is 0. The molecule has 0 unspecified atom stereocenters. The number of benzene rings is 2. The fraction of sp³-hybridized carbons (Fsp3) is 0.200. The second-order valence-corrected chi connectivity index (χ2v) is 4.19. The normalized spacial score (nSPS) is 12.1. The van der Waals surface area contributed by atoms with Gasteiger partial charge in [-0.1, -0.05) is 42.5 Å². The molecule has 3 nitrogen and oxygen atoms in total. The van der Waals surface area contributed by atoms with Gasteiger partial charge in [0.25, 0.3) is 0 Å². The third-order valence-corrected chi connectivity index (χ3v) is 2.81. The van der Waals surface area contributed by atoms with Crippen LogP contribution in [0, 0.1) is 0 Å². The van der Waals surface area contributed by atoms with E-state index in [1.807, 2.05) is 54.6 Å². The van der Waals surface area contributed by atoms with Crippen LogP contribution in [0.25, 0.3) is 0 Å². The highest BCUT2D eigenvalue weighted by atomic mass is 16.5. The van der Waals surface area contributed by atoms with Crippen molar-refractivity contribution in [2.45, 2.75) is 12.6 Å². The average molecular weight is 242 g/mol. The number of nitrogens with two attached hydrogens (primary N) is 2. The monoisotopic (exact) mass is 242 g/mol. The van der Waals surface area contributed by atoms with Crippen molar-refractivity contribution in [1.29, 1.82) is 0 Å². The van der Waals surface area contributed by atoms with E-state index in [0.29, 0.717) is 13.2 Å². The molecule has 3 heteroatoms. The molecule has 0 bridgehead atoms. The Morgan fingerprint density at radius 3 is 2.22 bits per heavy atom. The lowest BCUT2D eigenvalue weighted by Crippen LogP contribution is -2.20. The van der Waals surface area contributed by atoms with Gasteiger partial charge in [-0.3, -0.25) is 0 Å². The minimum atomic E-state index is -0.104. The summed E-state index contributed by atoms with van der Waals surface area (Å²) in [5.74, 6) is 0.840. The summed E-state index contributed by atoms with van der Waals surface area (Å²) < 4.78 is 5.69. The lowest BCUT2D eigenvalue weighted by atomic mass is 10.1. The first-order valence-electron chi connectivity index (χ1n) is 6.02. The highest BCUT2D eigenvalue weighted by Crippen LogP contribution is 2.17. The number of hydrogen-bond acceptors (Lipinski definition) is 3. The summed E-state index contributed by atoms with van der Waals surface area (Å²) in [6, 6.07) is 17.7. The average Bonchev–Trinajstić information content (AvgIpc) is 2.46. The fourth-order valence-corrected chi connectivity index (χ4v) is 1.69. The van der Waals surface area contributed by atoms with Gasteiger partial charge in [-0.2, -0.15) is 0 Å². The second-order valence-electron chi connectivity index (χ2n) is 4.19. The van der Waals surface area contributed by atoms with Gasteiger partial charge in [0, 0.05) is 12.6 Å². The van der Waals surface area contributed by atoms with Crippen LogP contribution >= 0.6 is 0 Å². The molecular formula is C15H18N2O. The van der Waals surface area contributed by atoms with Crippen molar-refractivity contribution in [2.75, 3.05) is 6.54 Å². The summed E-state index contributed by atoms with van der Waals surface area (Å²) in [7, 11) is 0. The van der Waals surface area contributed by atoms with Crippen LogP contribution in [0.1, 0.15) is 17.2 Å². The van der Waals surface area contributed by atoms with Crippen molar-refractivity contribution in [1.82, 2.24) is 0 Å². The van der Waals surface area contributed by atoms with E-state index in [2.05, 4.69) is 0 Å². The van der Waals surface area contributed by atoms with Crippen molar-refractivity contribution in [2.24, 2.45) is 11.5 Å². The lowest BCUT2D eigenvalue weighted by molar-refractivity contribution is 0.306. The molecule has 0 fully saturated rings. The fourth-order valence-electron chi connectivity index (χ4n) is 1.69. The van der Waals surface area contributed by atoms with Crippen LogP contribution in [0.4, 0.5) is 0 Å². The minimum Gasteiger partial charge on any atom is -0.489 e. The number of hydrogen-bond donors (Lipinski definition) is 2. The molecule has 0 radical (unpaired) electrons. The first-order chi connectivity index (χ1) is 8.79. The molecule has 1 atom stereocenters. The third kappa shape index (κ3) is 3.32. The van der Waals surface area contributed by atoms with E-state index in [-0.39, 0.29) is 6.04 Å². The molecule has 2 rings (SSSR count). The Bertz CT molecular complexity index is 468. The molecule has 18 heavy (non-hydrogen) atoms. The first kappa shape index (κ1) is 12.6. The quantitative estimate of drug-likeness (QED) is 0.845. The summed E-state index contributed by atoms with van der Waals surface area (Å²) in [5, 5.41) is 0. The molecule has 0 aliphatic heterocycles. The van der Waals surface area contributed by atoms with Crippen LogP contribution < -0.4 is 16.2 Å². The Hall–Kier alpha value is -1.84. The standard InChI is InChI=1S/C15H18N2O/c16-10-15(17)13-6-8-14(9-7-13)18-11-12-4-2-1-3-5-12/h1-9,15H,10-11,16-17H2/t15-/m1/s1. The molecule has 4 N–H and O–H groups in total. The van der Waals surface area contributed by atoms with E-state index in [9.17, 15) is 0 Å². The van der Waals surface area contributed by atoms with Crippen LogP contribution in [-0.4, -0.2) is 6.54 Å². The van der Waals surface area contributed by atoms with Gasteiger partial charge in [0.15, 0.2) is 0 Å². The van der Waals surface area contributed by atoms with Gasteiger partial charge < -0.3 is 16.2 Å². The van der Waals surface area contributed by atoms with E-state index in [0.717, 1.165) is 16.9 Å². The predicted octanol–water partition coefficient (Wildman–Crippen LogP) is 2.22. The molecule has 0 aromatic heterocycles. The van der Waals surface area contributed by atoms with Crippen molar-refractivity contribution in [3.63, 3.8) is 0 Å². The molecule has 0 spiro atoms. The minimum absolute atomic E-state index is 0.104. The van der Waals surface area contributed by atoms with Crippen molar-refractivity contribution >= 4 is 0 Å². The molecule has 0 heterocycles. The summed E-state index contributed by atoms with van der Waals surface area (Å²) in [6.07, 6.45) is 0. The Morgan fingerprint density at radius 2 is 1.61 bits per heavy atom. The van der Waals surface area contributed by atoms with Gasteiger partial charge in [0.1, 0.15) is 12.4 Å².